The first kappa shape index (κ1) is 12.7. The average Bonchev–Trinajstić information content (AvgIpc) is 2.96. The Morgan fingerprint density at radius 2 is 2.16 bits per heavy atom. The summed E-state index contributed by atoms with van der Waals surface area (Å²) in [7, 11) is 1.98. The molecule has 100 valence electrons. The normalized spacial score (nSPS) is 16.2. The second kappa shape index (κ2) is 4.66. The summed E-state index contributed by atoms with van der Waals surface area (Å²) in [6, 6.07) is 8.83. The molecule has 1 aromatic carbocycles. The van der Waals surface area contributed by atoms with Gasteiger partial charge < -0.3 is 10.1 Å². The molecular formula is C16H19NOS. The van der Waals surface area contributed by atoms with Crippen molar-refractivity contribution in [3.63, 3.8) is 0 Å². The number of rotatable bonds is 3. The monoisotopic (exact) mass is 273 g/mol. The number of thiophene rings is 1. The molecule has 0 amide bonds. The van der Waals surface area contributed by atoms with E-state index >= 15 is 0 Å². The van der Waals surface area contributed by atoms with Crippen molar-refractivity contribution in [2.24, 2.45) is 0 Å². The fourth-order valence-corrected chi connectivity index (χ4v) is 3.41. The SMILES string of the molecule is CNCc1csc(-c2ccc3c(c2)C(C)(C)CO3)c1. The van der Waals surface area contributed by atoms with Crippen LogP contribution in [0.15, 0.2) is 29.6 Å². The Morgan fingerprint density at radius 3 is 2.95 bits per heavy atom. The number of hydrogen-bond donors (Lipinski definition) is 1. The van der Waals surface area contributed by atoms with Gasteiger partial charge in [-0.1, -0.05) is 13.8 Å². The second-order valence-electron chi connectivity index (χ2n) is 5.73. The van der Waals surface area contributed by atoms with Crippen LogP contribution in [0.25, 0.3) is 10.4 Å². The lowest BCUT2D eigenvalue weighted by molar-refractivity contribution is 0.291. The number of hydrogen-bond acceptors (Lipinski definition) is 3. The molecule has 0 saturated carbocycles. The molecule has 1 aliphatic heterocycles. The van der Waals surface area contributed by atoms with E-state index in [1.807, 2.05) is 18.4 Å². The first-order chi connectivity index (χ1) is 9.10. The van der Waals surface area contributed by atoms with Gasteiger partial charge in [-0.2, -0.15) is 0 Å². The van der Waals surface area contributed by atoms with Crippen molar-refractivity contribution in [3.8, 4) is 16.2 Å². The van der Waals surface area contributed by atoms with Gasteiger partial charge in [-0.3, -0.25) is 0 Å². The topological polar surface area (TPSA) is 21.3 Å². The summed E-state index contributed by atoms with van der Waals surface area (Å²) in [5.41, 5.74) is 4.09. The summed E-state index contributed by atoms with van der Waals surface area (Å²) < 4.78 is 5.74. The van der Waals surface area contributed by atoms with Crippen LogP contribution in [-0.2, 0) is 12.0 Å². The molecule has 3 heteroatoms. The van der Waals surface area contributed by atoms with Crippen LogP contribution in [0, 0.1) is 0 Å². The third kappa shape index (κ3) is 2.28. The molecule has 0 bridgehead atoms. The third-order valence-corrected chi connectivity index (χ3v) is 4.64. The lowest BCUT2D eigenvalue weighted by Gasteiger charge is -2.15. The largest absolute Gasteiger partial charge is 0.492 e. The minimum absolute atomic E-state index is 0.121. The standard InChI is InChI=1S/C16H19NOS/c1-16(2)10-18-14-5-4-12(7-13(14)16)15-6-11(8-17-3)9-19-15/h4-7,9,17H,8,10H2,1-3H3. The lowest BCUT2D eigenvalue weighted by atomic mass is 9.86. The zero-order valence-corrected chi connectivity index (χ0v) is 12.4. The van der Waals surface area contributed by atoms with Crippen LogP contribution in [0.3, 0.4) is 0 Å². The van der Waals surface area contributed by atoms with Crippen LogP contribution in [0.2, 0.25) is 0 Å². The number of nitrogens with one attached hydrogen (secondary N) is 1. The van der Waals surface area contributed by atoms with Gasteiger partial charge in [0.05, 0.1) is 6.61 Å². The molecule has 0 unspecified atom stereocenters. The van der Waals surface area contributed by atoms with E-state index < -0.39 is 0 Å². The van der Waals surface area contributed by atoms with Crippen molar-refractivity contribution in [3.05, 3.63) is 40.8 Å². The Morgan fingerprint density at radius 1 is 1.32 bits per heavy atom. The molecule has 1 aliphatic rings. The Hall–Kier alpha value is -1.32. The van der Waals surface area contributed by atoms with E-state index in [1.54, 1.807) is 0 Å². The first-order valence-corrected chi connectivity index (χ1v) is 7.48. The van der Waals surface area contributed by atoms with E-state index in [2.05, 4.69) is 48.8 Å². The van der Waals surface area contributed by atoms with Gasteiger partial charge in [0, 0.05) is 22.4 Å². The summed E-state index contributed by atoms with van der Waals surface area (Å²) in [4.78, 5) is 1.33. The molecule has 1 N–H and O–H groups in total. The van der Waals surface area contributed by atoms with Gasteiger partial charge in [-0.05, 0) is 47.8 Å². The smallest absolute Gasteiger partial charge is 0.123 e. The number of ether oxygens (including phenoxy) is 1. The van der Waals surface area contributed by atoms with Gasteiger partial charge in [0.1, 0.15) is 5.75 Å². The summed E-state index contributed by atoms with van der Waals surface area (Å²) in [6.07, 6.45) is 0. The minimum atomic E-state index is 0.121. The second-order valence-corrected chi connectivity index (χ2v) is 6.64. The van der Waals surface area contributed by atoms with Crippen molar-refractivity contribution in [2.45, 2.75) is 25.8 Å². The van der Waals surface area contributed by atoms with Crippen LogP contribution in [-0.4, -0.2) is 13.7 Å². The van der Waals surface area contributed by atoms with Crippen molar-refractivity contribution in [1.29, 1.82) is 0 Å². The molecule has 0 spiro atoms. The summed E-state index contributed by atoms with van der Waals surface area (Å²) in [5, 5.41) is 5.41. The summed E-state index contributed by atoms with van der Waals surface area (Å²) in [6.45, 7) is 6.18. The maximum atomic E-state index is 5.74. The lowest BCUT2D eigenvalue weighted by Crippen LogP contribution is -2.18. The summed E-state index contributed by atoms with van der Waals surface area (Å²) in [5.74, 6) is 1.04. The fraction of sp³-hybridized carbons (Fsp3) is 0.375. The van der Waals surface area contributed by atoms with Crippen molar-refractivity contribution in [2.75, 3.05) is 13.7 Å². The highest BCUT2D eigenvalue weighted by Crippen LogP contribution is 2.41. The maximum absolute atomic E-state index is 5.74. The number of benzene rings is 1. The van der Waals surface area contributed by atoms with E-state index in [4.69, 9.17) is 4.74 Å². The Bertz CT molecular complexity index is 601. The minimum Gasteiger partial charge on any atom is -0.492 e. The quantitative estimate of drug-likeness (QED) is 0.918. The molecular weight excluding hydrogens is 254 g/mol. The maximum Gasteiger partial charge on any atom is 0.123 e. The zero-order chi connectivity index (χ0) is 13.5. The van der Waals surface area contributed by atoms with Gasteiger partial charge in [0.2, 0.25) is 0 Å². The fourth-order valence-electron chi connectivity index (χ4n) is 2.50. The van der Waals surface area contributed by atoms with Gasteiger partial charge in [0.15, 0.2) is 0 Å². The highest BCUT2D eigenvalue weighted by molar-refractivity contribution is 7.13. The molecule has 0 radical (unpaired) electrons. The average molecular weight is 273 g/mol. The molecule has 0 saturated heterocycles. The van der Waals surface area contributed by atoms with E-state index in [0.29, 0.717) is 0 Å². The molecule has 0 fully saturated rings. The van der Waals surface area contributed by atoms with Crippen molar-refractivity contribution in [1.82, 2.24) is 5.32 Å². The molecule has 0 aliphatic carbocycles. The van der Waals surface area contributed by atoms with Crippen molar-refractivity contribution < 1.29 is 4.74 Å². The van der Waals surface area contributed by atoms with Gasteiger partial charge >= 0.3 is 0 Å². The zero-order valence-electron chi connectivity index (χ0n) is 11.6. The molecule has 1 aromatic heterocycles. The number of fused-ring (bicyclic) bond motifs is 1. The molecule has 19 heavy (non-hydrogen) atoms. The molecule has 2 nitrogen and oxygen atoms in total. The van der Waals surface area contributed by atoms with Crippen LogP contribution in [0.5, 0.6) is 5.75 Å². The van der Waals surface area contributed by atoms with Crippen molar-refractivity contribution >= 4 is 11.3 Å². The first-order valence-electron chi connectivity index (χ1n) is 6.60. The Kier molecular flexibility index (Phi) is 3.11. The summed E-state index contributed by atoms with van der Waals surface area (Å²) >= 11 is 1.81. The van der Waals surface area contributed by atoms with Gasteiger partial charge in [-0.15, -0.1) is 11.3 Å². The predicted molar refractivity (Wildman–Crippen MR) is 81.0 cm³/mol. The van der Waals surface area contributed by atoms with Gasteiger partial charge in [0.25, 0.3) is 0 Å². The Labute approximate surface area is 118 Å². The predicted octanol–water partition coefficient (Wildman–Crippen LogP) is 3.80. The third-order valence-electron chi connectivity index (χ3n) is 3.62. The van der Waals surface area contributed by atoms with Crippen LogP contribution in [0.1, 0.15) is 25.0 Å². The van der Waals surface area contributed by atoms with Gasteiger partial charge in [-0.25, -0.2) is 0 Å². The highest BCUT2D eigenvalue weighted by Gasteiger charge is 2.31. The van der Waals surface area contributed by atoms with E-state index in [-0.39, 0.29) is 5.41 Å². The van der Waals surface area contributed by atoms with Crippen LogP contribution < -0.4 is 10.1 Å². The Balaban J connectivity index is 1.97. The molecule has 2 aromatic rings. The molecule has 2 heterocycles. The highest BCUT2D eigenvalue weighted by atomic mass is 32.1. The molecule has 0 atom stereocenters. The van der Waals surface area contributed by atoms with E-state index in [9.17, 15) is 0 Å². The molecule has 3 rings (SSSR count). The van der Waals surface area contributed by atoms with Crippen LogP contribution >= 0.6 is 11.3 Å². The van der Waals surface area contributed by atoms with E-state index in [1.165, 1.54) is 21.6 Å². The van der Waals surface area contributed by atoms with Crippen LogP contribution in [0.4, 0.5) is 0 Å². The van der Waals surface area contributed by atoms with E-state index in [0.717, 1.165) is 18.9 Å².